The lowest BCUT2D eigenvalue weighted by atomic mass is 9.77. The van der Waals surface area contributed by atoms with Gasteiger partial charge in [-0.25, -0.2) is 13.4 Å². The van der Waals surface area contributed by atoms with Gasteiger partial charge in [-0.2, -0.15) is 0 Å². The van der Waals surface area contributed by atoms with Crippen LogP contribution >= 0.6 is 0 Å². The number of hydrogen-bond donors (Lipinski definition) is 1. The zero-order valence-electron chi connectivity index (χ0n) is 33.7. The van der Waals surface area contributed by atoms with E-state index in [9.17, 15) is 27.6 Å². The van der Waals surface area contributed by atoms with E-state index in [4.69, 9.17) is 14.5 Å². The molecule has 13 nitrogen and oxygen atoms in total. The molecule has 0 spiro atoms. The zero-order valence-corrected chi connectivity index (χ0v) is 34.5. The number of rotatable bonds is 14. The fraction of sp³-hybridized carbons (Fsp3) is 0.545. The van der Waals surface area contributed by atoms with Crippen LogP contribution < -0.4 is 14.2 Å². The number of carbonyl (C=O) groups is 4. The van der Waals surface area contributed by atoms with Gasteiger partial charge in [0.2, 0.25) is 27.7 Å². The molecule has 5 aliphatic rings. The van der Waals surface area contributed by atoms with E-state index in [1.54, 1.807) is 30.3 Å². The van der Waals surface area contributed by atoms with E-state index in [0.717, 1.165) is 19.3 Å². The summed E-state index contributed by atoms with van der Waals surface area (Å²) < 4.78 is 40.2. The Balaban J connectivity index is 1.11. The number of sulfonamides is 1. The van der Waals surface area contributed by atoms with Crippen LogP contribution in [-0.2, 0) is 29.2 Å². The van der Waals surface area contributed by atoms with Crippen molar-refractivity contribution in [2.75, 3.05) is 20.2 Å². The van der Waals surface area contributed by atoms with Gasteiger partial charge in [0.1, 0.15) is 17.6 Å². The molecular weight excluding hydrogens is 759 g/mol. The number of pyridine rings is 2. The lowest BCUT2D eigenvalue weighted by Crippen LogP contribution is -2.49. The summed E-state index contributed by atoms with van der Waals surface area (Å²) in [5.74, 6) is -0.972. The number of methoxy groups -OCH3 is 1. The van der Waals surface area contributed by atoms with Crippen LogP contribution in [-0.4, -0.2) is 95.3 Å². The topological polar surface area (TPSA) is 165 Å². The second-order valence-electron chi connectivity index (χ2n) is 18.1. The number of amides is 3. The van der Waals surface area contributed by atoms with Gasteiger partial charge < -0.3 is 19.3 Å². The summed E-state index contributed by atoms with van der Waals surface area (Å²) in [5, 5.41) is 0.0906. The molecule has 7 atom stereocenters. The molecule has 3 aliphatic carbocycles. The Morgan fingerprint density at radius 2 is 1.81 bits per heavy atom. The molecule has 5 fully saturated rings. The number of benzene rings is 1. The van der Waals surface area contributed by atoms with E-state index in [1.165, 1.54) is 0 Å². The number of Topliss-reactive ketones (excluding diaryl/α,β-unsaturated/α-hetero) is 1. The highest BCUT2D eigenvalue weighted by Gasteiger charge is 2.61. The van der Waals surface area contributed by atoms with Crippen LogP contribution in [0.1, 0.15) is 78.6 Å². The fourth-order valence-electron chi connectivity index (χ4n) is 9.45. The number of fused-ring (bicyclic) bond motifs is 3. The lowest BCUT2D eigenvalue weighted by Gasteiger charge is -2.36. The van der Waals surface area contributed by atoms with Gasteiger partial charge in [-0.3, -0.25) is 28.9 Å². The molecule has 2 aliphatic heterocycles. The molecular formula is C44H53N5O8S. The first kappa shape index (κ1) is 40.0. The molecule has 58 heavy (non-hydrogen) atoms. The van der Waals surface area contributed by atoms with Crippen LogP contribution in [0.15, 0.2) is 61.3 Å². The summed E-state index contributed by atoms with van der Waals surface area (Å²) in [6.07, 6.45) is 6.85. The third-order valence-electron chi connectivity index (χ3n) is 13.1. The number of likely N-dealkylation sites (tertiary alicyclic amines) is 2. The quantitative estimate of drug-likeness (QED) is 0.206. The van der Waals surface area contributed by atoms with Crippen LogP contribution in [0.25, 0.3) is 22.3 Å². The Hall–Kier alpha value is -4.85. The number of ketones is 1. The Labute approximate surface area is 340 Å². The summed E-state index contributed by atoms with van der Waals surface area (Å²) in [5.41, 5.74) is -0.114. The van der Waals surface area contributed by atoms with Gasteiger partial charge >= 0.3 is 0 Å². The Morgan fingerprint density at radius 3 is 2.43 bits per heavy atom. The monoisotopic (exact) mass is 811 g/mol. The predicted molar refractivity (Wildman–Crippen MR) is 217 cm³/mol. The maximum atomic E-state index is 15.0. The minimum absolute atomic E-state index is 0.0165. The van der Waals surface area contributed by atoms with Gasteiger partial charge in [0.05, 0.1) is 53.2 Å². The zero-order chi connectivity index (χ0) is 41.1. The smallest absolute Gasteiger partial charge is 0.240 e. The summed E-state index contributed by atoms with van der Waals surface area (Å²) >= 11 is 0. The molecule has 2 aromatic heterocycles. The largest absolute Gasteiger partial charge is 0.497 e. The molecule has 1 N–H and O–H groups in total. The third-order valence-corrected chi connectivity index (χ3v) is 14.9. The van der Waals surface area contributed by atoms with Gasteiger partial charge in [0.25, 0.3) is 0 Å². The van der Waals surface area contributed by atoms with Crippen LogP contribution in [0.5, 0.6) is 11.5 Å². The van der Waals surface area contributed by atoms with Crippen molar-refractivity contribution in [2.24, 2.45) is 28.6 Å². The lowest BCUT2D eigenvalue weighted by molar-refractivity contribution is -0.148. The van der Waals surface area contributed by atoms with Crippen molar-refractivity contribution in [1.82, 2.24) is 24.5 Å². The predicted octanol–water partition coefficient (Wildman–Crippen LogP) is 5.48. The van der Waals surface area contributed by atoms with Crippen molar-refractivity contribution in [3.63, 3.8) is 0 Å². The van der Waals surface area contributed by atoms with Crippen LogP contribution in [0.2, 0.25) is 0 Å². The van der Waals surface area contributed by atoms with E-state index in [2.05, 4.69) is 16.3 Å². The van der Waals surface area contributed by atoms with E-state index in [-0.39, 0.29) is 55.9 Å². The fourth-order valence-corrected chi connectivity index (χ4v) is 10.8. The number of hydrogen-bond acceptors (Lipinski definition) is 10. The molecule has 308 valence electrons. The number of ether oxygens (including phenoxy) is 2. The van der Waals surface area contributed by atoms with Crippen LogP contribution in [0.3, 0.4) is 0 Å². The minimum atomic E-state index is -3.86. The van der Waals surface area contributed by atoms with E-state index in [1.807, 2.05) is 62.1 Å². The Morgan fingerprint density at radius 1 is 1.02 bits per heavy atom. The van der Waals surface area contributed by atoms with Crippen molar-refractivity contribution < 1.29 is 37.1 Å². The summed E-state index contributed by atoms with van der Waals surface area (Å²) in [4.78, 5) is 70.1. The van der Waals surface area contributed by atoms with Gasteiger partial charge in [0, 0.05) is 55.6 Å². The minimum Gasteiger partial charge on any atom is -0.497 e. The maximum Gasteiger partial charge on any atom is 0.240 e. The molecule has 2 saturated heterocycles. The first-order valence-electron chi connectivity index (χ1n) is 20.5. The molecule has 0 radical (unpaired) electrons. The molecule has 3 saturated carbocycles. The summed E-state index contributed by atoms with van der Waals surface area (Å²) in [6.45, 7) is 10.5. The SMILES string of the molecule is C=C[C@@H]1C[C@]1(CC(=O)[C@@H]1C[C@@H](Oc2cc(-c3ccccn3)nc3cc(OC)ccc23)CN1C(=O)[C@@H](CC(=O)N1CC2CCC1C2)C(C)(C)C)C(=O)NS(=O)(=O)C1CC1. The van der Waals surface area contributed by atoms with Crippen molar-refractivity contribution in [1.29, 1.82) is 0 Å². The number of aromatic nitrogens is 2. The molecule has 3 amide bonds. The summed E-state index contributed by atoms with van der Waals surface area (Å²) in [7, 11) is -2.28. The van der Waals surface area contributed by atoms with Gasteiger partial charge in [-0.05, 0) is 80.0 Å². The standard InChI is InChI=1S/C44H53N5O8S/c1-6-27-22-44(27,42(53)47-58(54,55)31-13-14-31)23-38(50)37-19-30(25-49(37)41(52)33(43(2,3)4)20-40(51)48-24-26-10-11-28(48)17-26)57-39-21-36(34-9-7-8-16-45-34)46-35-18-29(56-5)12-15-32(35)39/h6-9,12,15-16,18,21,26-28,30-31,33,37H,1,10-11,13-14,17,19-20,22-25H2,2-5H3,(H,47,53)/t26?,27-,28?,30-,33-,37+,44-/m1/s1. The van der Waals surface area contributed by atoms with Crippen molar-refractivity contribution in [3.05, 3.63) is 61.3 Å². The highest BCUT2D eigenvalue weighted by Crippen LogP contribution is 2.57. The van der Waals surface area contributed by atoms with Gasteiger partial charge in [-0.1, -0.05) is 32.9 Å². The maximum absolute atomic E-state index is 15.0. The molecule has 2 bridgehead atoms. The average molecular weight is 812 g/mol. The highest BCUT2D eigenvalue weighted by molar-refractivity contribution is 7.90. The average Bonchev–Trinajstić information content (AvgIpc) is 4.04. The molecule has 8 rings (SSSR count). The number of nitrogens with zero attached hydrogens (tertiary/aromatic N) is 4. The first-order valence-corrected chi connectivity index (χ1v) is 22.0. The molecule has 14 heteroatoms. The van der Waals surface area contributed by atoms with Gasteiger partial charge in [-0.15, -0.1) is 6.58 Å². The molecule has 3 aromatic rings. The molecule has 2 unspecified atom stereocenters. The third kappa shape index (κ3) is 7.71. The highest BCUT2D eigenvalue weighted by atomic mass is 32.2. The number of piperidine rings is 1. The van der Waals surface area contributed by atoms with Crippen molar-refractivity contribution in [3.8, 4) is 22.9 Å². The summed E-state index contributed by atoms with van der Waals surface area (Å²) in [6, 6.07) is 12.0. The first-order chi connectivity index (χ1) is 27.6. The second-order valence-corrected chi connectivity index (χ2v) is 20.1. The number of carbonyl (C=O) groups excluding carboxylic acids is 4. The Kier molecular flexibility index (Phi) is 10.4. The number of allylic oxidation sites excluding steroid dienone is 1. The van der Waals surface area contributed by atoms with Gasteiger partial charge in [0.15, 0.2) is 5.78 Å². The Bertz CT molecular complexity index is 2260. The van der Waals surface area contributed by atoms with E-state index >= 15 is 0 Å². The normalized spacial score (nSPS) is 27.0. The van der Waals surface area contributed by atoms with Crippen LogP contribution in [0, 0.1) is 28.6 Å². The van der Waals surface area contributed by atoms with E-state index in [0.29, 0.717) is 59.1 Å². The second kappa shape index (κ2) is 15.1. The van der Waals surface area contributed by atoms with Crippen LogP contribution in [0.4, 0.5) is 0 Å². The molecule has 4 heterocycles. The molecule has 1 aromatic carbocycles. The van der Waals surface area contributed by atoms with Crippen molar-refractivity contribution in [2.45, 2.75) is 102 Å². The van der Waals surface area contributed by atoms with E-state index < -0.39 is 56.0 Å². The van der Waals surface area contributed by atoms with Crippen molar-refractivity contribution >= 4 is 44.4 Å². The number of nitrogens with one attached hydrogen (secondary N) is 1.